The molecule has 0 amide bonds. The molecular formula is C56H39NO. The van der Waals surface area contributed by atoms with Crippen LogP contribution in [0, 0.1) is 0 Å². The first-order valence-electron chi connectivity index (χ1n) is 20.3. The molecule has 2 aliphatic carbocycles. The molecule has 0 saturated heterocycles. The van der Waals surface area contributed by atoms with Gasteiger partial charge in [0.15, 0.2) is 0 Å². The SMILES string of the molecule is CC1(C)c2ccccc2-c2ccc(N(c3ccc4c(c3)C(c3ccccc3)(c3ccccc3)c3c-4ccc4ccccc34)c3ccc4oc5ccccc5c4c3)cc21. The number of fused-ring (bicyclic) bond motifs is 11. The van der Waals surface area contributed by atoms with Crippen molar-refractivity contribution in [2.45, 2.75) is 24.7 Å². The van der Waals surface area contributed by atoms with Gasteiger partial charge in [-0.15, -0.1) is 0 Å². The van der Waals surface area contributed by atoms with E-state index in [1.807, 2.05) is 6.07 Å². The fourth-order valence-corrected chi connectivity index (χ4v) is 10.5. The lowest BCUT2D eigenvalue weighted by atomic mass is 9.66. The smallest absolute Gasteiger partial charge is 0.135 e. The van der Waals surface area contributed by atoms with Crippen molar-refractivity contribution in [3.8, 4) is 22.3 Å². The van der Waals surface area contributed by atoms with E-state index in [0.29, 0.717) is 0 Å². The van der Waals surface area contributed by atoms with Crippen LogP contribution in [0.5, 0.6) is 0 Å². The Morgan fingerprint density at radius 3 is 1.67 bits per heavy atom. The van der Waals surface area contributed by atoms with Crippen LogP contribution in [-0.2, 0) is 10.8 Å². The summed E-state index contributed by atoms with van der Waals surface area (Å²) in [5.74, 6) is 0. The second kappa shape index (κ2) is 12.2. The lowest BCUT2D eigenvalue weighted by Crippen LogP contribution is -2.29. The van der Waals surface area contributed by atoms with Gasteiger partial charge < -0.3 is 9.32 Å². The van der Waals surface area contributed by atoms with Crippen molar-refractivity contribution in [1.82, 2.24) is 0 Å². The van der Waals surface area contributed by atoms with Gasteiger partial charge in [0.05, 0.1) is 5.41 Å². The van der Waals surface area contributed by atoms with Gasteiger partial charge in [0.25, 0.3) is 0 Å². The van der Waals surface area contributed by atoms with E-state index in [1.54, 1.807) is 0 Å². The molecule has 10 aromatic rings. The maximum atomic E-state index is 6.36. The Morgan fingerprint density at radius 2 is 0.914 bits per heavy atom. The molecule has 0 aliphatic heterocycles. The fraction of sp³-hybridized carbons (Fsp3) is 0.0714. The summed E-state index contributed by atoms with van der Waals surface area (Å²) in [6.45, 7) is 4.72. The number of nitrogens with zero attached hydrogens (tertiary/aromatic N) is 1. The molecule has 12 rings (SSSR count). The maximum absolute atomic E-state index is 6.36. The van der Waals surface area contributed by atoms with Crippen LogP contribution in [0.3, 0.4) is 0 Å². The third-order valence-electron chi connectivity index (χ3n) is 13.1. The van der Waals surface area contributed by atoms with E-state index in [4.69, 9.17) is 4.42 Å². The number of furan rings is 1. The van der Waals surface area contributed by atoms with Crippen LogP contribution >= 0.6 is 0 Å². The molecule has 0 saturated carbocycles. The monoisotopic (exact) mass is 741 g/mol. The molecule has 0 fully saturated rings. The van der Waals surface area contributed by atoms with E-state index < -0.39 is 5.41 Å². The average molecular weight is 742 g/mol. The fourth-order valence-electron chi connectivity index (χ4n) is 10.5. The molecule has 274 valence electrons. The predicted octanol–water partition coefficient (Wildman–Crippen LogP) is 14.9. The molecule has 0 N–H and O–H groups in total. The minimum atomic E-state index is -0.567. The van der Waals surface area contributed by atoms with Crippen molar-refractivity contribution in [3.05, 3.63) is 234 Å². The first kappa shape index (κ1) is 33.0. The van der Waals surface area contributed by atoms with E-state index in [0.717, 1.165) is 39.0 Å². The number of hydrogen-bond donors (Lipinski definition) is 0. The Bertz CT molecular complexity index is 3220. The van der Waals surface area contributed by atoms with E-state index >= 15 is 0 Å². The van der Waals surface area contributed by atoms with Gasteiger partial charge in [0, 0.05) is 33.2 Å². The summed E-state index contributed by atoms with van der Waals surface area (Å²) in [5.41, 5.74) is 17.4. The van der Waals surface area contributed by atoms with Gasteiger partial charge in [-0.05, 0) is 115 Å². The van der Waals surface area contributed by atoms with E-state index in [2.05, 4.69) is 213 Å². The molecule has 58 heavy (non-hydrogen) atoms. The van der Waals surface area contributed by atoms with Crippen molar-refractivity contribution < 1.29 is 4.42 Å². The van der Waals surface area contributed by atoms with Crippen LogP contribution < -0.4 is 4.90 Å². The van der Waals surface area contributed by atoms with Gasteiger partial charge in [-0.25, -0.2) is 0 Å². The lowest BCUT2D eigenvalue weighted by molar-refractivity contribution is 0.660. The van der Waals surface area contributed by atoms with Gasteiger partial charge in [0.1, 0.15) is 11.2 Å². The summed E-state index contributed by atoms with van der Waals surface area (Å²) < 4.78 is 6.36. The van der Waals surface area contributed by atoms with Crippen molar-refractivity contribution in [2.75, 3.05) is 4.90 Å². The molecule has 0 bridgehead atoms. The highest BCUT2D eigenvalue weighted by Crippen LogP contribution is 2.59. The van der Waals surface area contributed by atoms with Crippen LogP contribution in [0.15, 0.2) is 205 Å². The molecule has 2 aliphatic rings. The van der Waals surface area contributed by atoms with E-state index in [1.165, 1.54) is 66.4 Å². The second-order valence-electron chi connectivity index (χ2n) is 16.4. The Morgan fingerprint density at radius 1 is 0.379 bits per heavy atom. The average Bonchev–Trinajstić information content (AvgIpc) is 3.88. The zero-order valence-electron chi connectivity index (χ0n) is 32.4. The summed E-state index contributed by atoms with van der Waals surface area (Å²) in [5, 5.41) is 4.75. The first-order valence-corrected chi connectivity index (χ1v) is 20.3. The summed E-state index contributed by atoms with van der Waals surface area (Å²) >= 11 is 0. The standard InChI is InChI=1S/C56H39NO/c1-55(2)49-23-13-11-21-43(49)44-30-26-40(34-50(44)55)57(39-28-32-53-48(33-39)46-22-12-14-24-52(46)58-53)41-27-31-45-47-29-25-36-15-9-10-20-42(36)54(47)56(51(45)35-41,37-16-5-3-6-17-37)38-18-7-4-8-19-38/h3-35H,1-2H3. The number of para-hydroxylation sites is 1. The third-order valence-corrected chi connectivity index (χ3v) is 13.1. The van der Waals surface area contributed by atoms with Crippen LogP contribution in [0.25, 0.3) is 55.0 Å². The van der Waals surface area contributed by atoms with Crippen LogP contribution in [0.4, 0.5) is 17.1 Å². The molecule has 1 aromatic heterocycles. The van der Waals surface area contributed by atoms with Crippen molar-refractivity contribution in [2.24, 2.45) is 0 Å². The van der Waals surface area contributed by atoms with Crippen LogP contribution in [-0.4, -0.2) is 0 Å². The van der Waals surface area contributed by atoms with Crippen molar-refractivity contribution in [3.63, 3.8) is 0 Å². The Kier molecular flexibility index (Phi) is 6.93. The summed E-state index contributed by atoms with van der Waals surface area (Å²) in [7, 11) is 0. The van der Waals surface area contributed by atoms with Crippen molar-refractivity contribution in [1.29, 1.82) is 0 Å². The highest BCUT2D eigenvalue weighted by atomic mass is 16.3. The summed E-state index contributed by atoms with van der Waals surface area (Å²) in [4.78, 5) is 2.46. The van der Waals surface area contributed by atoms with Crippen LogP contribution in [0.1, 0.15) is 47.2 Å². The molecule has 1 heterocycles. The zero-order valence-corrected chi connectivity index (χ0v) is 32.4. The largest absolute Gasteiger partial charge is 0.456 e. The summed E-state index contributed by atoms with van der Waals surface area (Å²) in [6, 6.07) is 74.0. The molecule has 0 radical (unpaired) electrons. The lowest BCUT2D eigenvalue weighted by Gasteiger charge is -2.35. The van der Waals surface area contributed by atoms with Crippen molar-refractivity contribution >= 4 is 49.8 Å². The first-order chi connectivity index (χ1) is 28.5. The van der Waals surface area contributed by atoms with Gasteiger partial charge in [-0.2, -0.15) is 0 Å². The number of rotatable bonds is 5. The normalized spacial score (nSPS) is 14.3. The molecular weight excluding hydrogens is 703 g/mol. The Balaban J connectivity index is 1.16. The molecule has 2 heteroatoms. The third kappa shape index (κ3) is 4.49. The summed E-state index contributed by atoms with van der Waals surface area (Å²) in [6.07, 6.45) is 0. The Labute approximate surface area is 338 Å². The molecule has 0 spiro atoms. The topological polar surface area (TPSA) is 16.4 Å². The Hall–Kier alpha value is -7.16. The van der Waals surface area contributed by atoms with Gasteiger partial charge in [-0.3, -0.25) is 0 Å². The van der Waals surface area contributed by atoms with Crippen LogP contribution in [0.2, 0.25) is 0 Å². The highest BCUT2D eigenvalue weighted by molar-refractivity contribution is 6.07. The number of benzene rings is 9. The molecule has 9 aromatic carbocycles. The number of anilines is 3. The molecule has 0 atom stereocenters. The van der Waals surface area contributed by atoms with E-state index in [-0.39, 0.29) is 5.41 Å². The minimum absolute atomic E-state index is 0.144. The minimum Gasteiger partial charge on any atom is -0.456 e. The zero-order chi connectivity index (χ0) is 38.6. The van der Waals surface area contributed by atoms with Gasteiger partial charge in [0.2, 0.25) is 0 Å². The van der Waals surface area contributed by atoms with Gasteiger partial charge in [-0.1, -0.05) is 166 Å². The number of hydrogen-bond acceptors (Lipinski definition) is 2. The molecule has 2 nitrogen and oxygen atoms in total. The predicted molar refractivity (Wildman–Crippen MR) is 241 cm³/mol. The molecule has 0 unspecified atom stereocenters. The highest BCUT2D eigenvalue weighted by Gasteiger charge is 2.47. The second-order valence-corrected chi connectivity index (χ2v) is 16.4. The maximum Gasteiger partial charge on any atom is 0.135 e. The van der Waals surface area contributed by atoms with Gasteiger partial charge >= 0.3 is 0 Å². The van der Waals surface area contributed by atoms with E-state index in [9.17, 15) is 0 Å². The quantitative estimate of drug-likeness (QED) is 0.175.